The zero-order valence-electron chi connectivity index (χ0n) is 10.7. The van der Waals surface area contributed by atoms with E-state index in [2.05, 4.69) is 20.4 Å². The highest BCUT2D eigenvalue weighted by molar-refractivity contribution is 5.66. The van der Waals surface area contributed by atoms with E-state index in [-0.39, 0.29) is 0 Å². The van der Waals surface area contributed by atoms with Crippen molar-refractivity contribution in [2.24, 2.45) is 5.84 Å². The molecule has 0 radical (unpaired) electrons. The maximum absolute atomic E-state index is 5.48. The Hall–Kier alpha value is -2.79. The molecule has 0 aliphatic rings. The van der Waals surface area contributed by atoms with E-state index >= 15 is 0 Å². The Kier molecular flexibility index (Phi) is 3.34. The summed E-state index contributed by atoms with van der Waals surface area (Å²) >= 11 is 0. The number of anilines is 1. The standard InChI is InChI=1S/C15H13N5/c16-20-14-10-13(11-6-2-1-3-7-11)18-15(19-14)12-8-4-5-9-17-12/h1-10H,16H2,(H,18,19,20). The minimum atomic E-state index is 0.542. The molecule has 0 aliphatic heterocycles. The van der Waals surface area contributed by atoms with E-state index in [9.17, 15) is 0 Å². The maximum Gasteiger partial charge on any atom is 0.180 e. The van der Waals surface area contributed by atoms with Crippen LogP contribution in [0.3, 0.4) is 0 Å². The van der Waals surface area contributed by atoms with Gasteiger partial charge in [0.25, 0.3) is 0 Å². The van der Waals surface area contributed by atoms with Crippen LogP contribution in [0.5, 0.6) is 0 Å². The van der Waals surface area contributed by atoms with Gasteiger partial charge >= 0.3 is 0 Å². The number of nitrogen functional groups attached to an aromatic ring is 1. The van der Waals surface area contributed by atoms with Gasteiger partial charge in [-0.2, -0.15) is 0 Å². The molecule has 2 aromatic heterocycles. The smallest absolute Gasteiger partial charge is 0.180 e. The minimum Gasteiger partial charge on any atom is -0.308 e. The van der Waals surface area contributed by atoms with E-state index in [1.54, 1.807) is 6.20 Å². The van der Waals surface area contributed by atoms with Crippen LogP contribution in [0.25, 0.3) is 22.8 Å². The summed E-state index contributed by atoms with van der Waals surface area (Å²) < 4.78 is 0. The molecule has 98 valence electrons. The van der Waals surface area contributed by atoms with Crippen LogP contribution >= 0.6 is 0 Å². The molecular weight excluding hydrogens is 250 g/mol. The quantitative estimate of drug-likeness (QED) is 0.561. The summed E-state index contributed by atoms with van der Waals surface area (Å²) in [5, 5.41) is 0. The van der Waals surface area contributed by atoms with Crippen molar-refractivity contribution in [2.45, 2.75) is 0 Å². The Bertz CT molecular complexity index is 640. The molecular formula is C15H13N5. The molecule has 0 amide bonds. The third-order valence-corrected chi connectivity index (χ3v) is 2.84. The van der Waals surface area contributed by atoms with Gasteiger partial charge in [0.1, 0.15) is 11.5 Å². The second-order valence-corrected chi connectivity index (χ2v) is 4.19. The van der Waals surface area contributed by atoms with Gasteiger partial charge in [-0.3, -0.25) is 4.98 Å². The zero-order chi connectivity index (χ0) is 13.8. The number of hydrogen-bond acceptors (Lipinski definition) is 5. The Morgan fingerprint density at radius 3 is 2.35 bits per heavy atom. The van der Waals surface area contributed by atoms with Gasteiger partial charge in [0.05, 0.1) is 5.69 Å². The lowest BCUT2D eigenvalue weighted by molar-refractivity contribution is 1.12. The van der Waals surface area contributed by atoms with Crippen molar-refractivity contribution < 1.29 is 0 Å². The summed E-state index contributed by atoms with van der Waals surface area (Å²) in [6, 6.07) is 17.3. The largest absolute Gasteiger partial charge is 0.308 e. The molecule has 0 bridgehead atoms. The number of hydrogen-bond donors (Lipinski definition) is 2. The van der Waals surface area contributed by atoms with Crippen LogP contribution in [0.4, 0.5) is 5.82 Å². The molecule has 5 nitrogen and oxygen atoms in total. The lowest BCUT2D eigenvalue weighted by atomic mass is 10.1. The van der Waals surface area contributed by atoms with Gasteiger partial charge < -0.3 is 5.43 Å². The number of hydrazine groups is 1. The lowest BCUT2D eigenvalue weighted by Crippen LogP contribution is -2.10. The molecule has 3 aromatic rings. The highest BCUT2D eigenvalue weighted by Crippen LogP contribution is 2.22. The first kappa shape index (κ1) is 12.3. The summed E-state index contributed by atoms with van der Waals surface area (Å²) in [7, 11) is 0. The van der Waals surface area contributed by atoms with Gasteiger partial charge in [0.15, 0.2) is 5.82 Å². The van der Waals surface area contributed by atoms with Crippen molar-refractivity contribution in [2.75, 3.05) is 5.43 Å². The van der Waals surface area contributed by atoms with Gasteiger partial charge in [-0.15, -0.1) is 0 Å². The van der Waals surface area contributed by atoms with Crippen LogP contribution in [0.15, 0.2) is 60.8 Å². The summed E-state index contributed by atoms with van der Waals surface area (Å²) in [4.78, 5) is 13.2. The minimum absolute atomic E-state index is 0.542. The Labute approximate surface area is 116 Å². The summed E-state index contributed by atoms with van der Waals surface area (Å²) in [6.07, 6.45) is 1.71. The highest BCUT2D eigenvalue weighted by atomic mass is 15.3. The summed E-state index contributed by atoms with van der Waals surface area (Å²) in [5.41, 5.74) is 5.08. The third-order valence-electron chi connectivity index (χ3n) is 2.84. The number of nitrogens with two attached hydrogens (primary N) is 1. The molecule has 0 aliphatic carbocycles. The predicted octanol–water partition coefficient (Wildman–Crippen LogP) is 2.49. The number of nitrogens with one attached hydrogen (secondary N) is 1. The molecule has 0 fully saturated rings. The molecule has 20 heavy (non-hydrogen) atoms. The normalized spacial score (nSPS) is 10.2. The number of nitrogens with zero attached hydrogens (tertiary/aromatic N) is 3. The van der Waals surface area contributed by atoms with Crippen LogP contribution < -0.4 is 11.3 Å². The van der Waals surface area contributed by atoms with Gasteiger partial charge in [-0.25, -0.2) is 15.8 Å². The SMILES string of the molecule is NNc1cc(-c2ccccc2)nc(-c2ccccn2)n1. The van der Waals surface area contributed by atoms with Crippen molar-refractivity contribution in [1.82, 2.24) is 15.0 Å². The van der Waals surface area contributed by atoms with Crippen molar-refractivity contribution in [3.8, 4) is 22.8 Å². The molecule has 0 atom stereocenters. The number of pyridine rings is 1. The predicted molar refractivity (Wildman–Crippen MR) is 78.5 cm³/mol. The fourth-order valence-electron chi connectivity index (χ4n) is 1.89. The second kappa shape index (κ2) is 5.46. The van der Waals surface area contributed by atoms with Crippen molar-refractivity contribution in [3.05, 3.63) is 60.8 Å². The topological polar surface area (TPSA) is 76.7 Å². The molecule has 0 saturated carbocycles. The molecule has 3 rings (SSSR count). The molecule has 0 saturated heterocycles. The van der Waals surface area contributed by atoms with Gasteiger partial charge in [0, 0.05) is 17.8 Å². The first-order valence-corrected chi connectivity index (χ1v) is 6.19. The van der Waals surface area contributed by atoms with Crippen LogP contribution in [0, 0.1) is 0 Å². The van der Waals surface area contributed by atoms with Crippen molar-refractivity contribution >= 4 is 5.82 Å². The van der Waals surface area contributed by atoms with Gasteiger partial charge in [-0.05, 0) is 12.1 Å². The molecule has 2 heterocycles. The molecule has 5 heteroatoms. The van der Waals surface area contributed by atoms with E-state index in [0.717, 1.165) is 11.3 Å². The molecule has 1 aromatic carbocycles. The first-order chi connectivity index (χ1) is 9.86. The van der Waals surface area contributed by atoms with Crippen molar-refractivity contribution in [3.63, 3.8) is 0 Å². The Morgan fingerprint density at radius 1 is 0.850 bits per heavy atom. The molecule has 3 N–H and O–H groups in total. The van der Waals surface area contributed by atoms with E-state index in [1.165, 1.54) is 0 Å². The number of aromatic nitrogens is 3. The summed E-state index contributed by atoms with van der Waals surface area (Å²) in [6.45, 7) is 0. The lowest BCUT2D eigenvalue weighted by Gasteiger charge is -2.07. The van der Waals surface area contributed by atoms with Gasteiger partial charge in [0.2, 0.25) is 0 Å². The number of rotatable bonds is 3. The number of benzene rings is 1. The monoisotopic (exact) mass is 263 g/mol. The Balaban J connectivity index is 2.13. The highest BCUT2D eigenvalue weighted by Gasteiger charge is 2.08. The first-order valence-electron chi connectivity index (χ1n) is 6.19. The van der Waals surface area contributed by atoms with E-state index in [4.69, 9.17) is 5.84 Å². The van der Waals surface area contributed by atoms with Gasteiger partial charge in [-0.1, -0.05) is 36.4 Å². The van der Waals surface area contributed by atoms with E-state index < -0.39 is 0 Å². The van der Waals surface area contributed by atoms with Crippen molar-refractivity contribution in [1.29, 1.82) is 0 Å². The summed E-state index contributed by atoms with van der Waals surface area (Å²) in [5.74, 6) is 6.58. The molecule has 0 spiro atoms. The fourth-order valence-corrected chi connectivity index (χ4v) is 1.89. The van der Waals surface area contributed by atoms with E-state index in [0.29, 0.717) is 17.3 Å². The van der Waals surface area contributed by atoms with Crippen LogP contribution in [0.1, 0.15) is 0 Å². The molecule has 0 unspecified atom stereocenters. The van der Waals surface area contributed by atoms with E-state index in [1.807, 2.05) is 54.6 Å². The second-order valence-electron chi connectivity index (χ2n) is 4.19. The average molecular weight is 263 g/mol. The third kappa shape index (κ3) is 2.48. The maximum atomic E-state index is 5.48. The zero-order valence-corrected chi connectivity index (χ0v) is 10.7. The fraction of sp³-hybridized carbons (Fsp3) is 0. The van der Waals surface area contributed by atoms with Crippen LogP contribution in [-0.4, -0.2) is 15.0 Å². The Morgan fingerprint density at radius 2 is 1.65 bits per heavy atom. The van der Waals surface area contributed by atoms with Crippen LogP contribution in [-0.2, 0) is 0 Å². The average Bonchev–Trinajstić information content (AvgIpc) is 2.56. The van der Waals surface area contributed by atoms with Crippen LogP contribution in [0.2, 0.25) is 0 Å².